The summed E-state index contributed by atoms with van der Waals surface area (Å²) in [7, 11) is -3.32. The summed E-state index contributed by atoms with van der Waals surface area (Å²) < 4.78 is 35.7. The van der Waals surface area contributed by atoms with E-state index in [9.17, 15) is 17.6 Å². The highest BCUT2D eigenvalue weighted by Gasteiger charge is 2.08. The number of halogens is 1. The second kappa shape index (κ2) is 7.23. The Hall–Kier alpha value is -2.41. The van der Waals surface area contributed by atoms with Gasteiger partial charge in [-0.25, -0.2) is 17.6 Å². The van der Waals surface area contributed by atoms with Crippen LogP contribution in [0.1, 0.15) is 5.56 Å². The fraction of sp³-hybridized carbons (Fsp3) is 0.188. The normalized spacial score (nSPS) is 11.0. The van der Waals surface area contributed by atoms with Crippen molar-refractivity contribution in [1.29, 1.82) is 0 Å². The second-order valence-corrected chi connectivity index (χ2v) is 7.07. The molecule has 0 saturated heterocycles. The zero-order valence-corrected chi connectivity index (χ0v) is 13.4. The van der Waals surface area contributed by atoms with Gasteiger partial charge in [-0.05, 0) is 42.3 Å². The highest BCUT2D eigenvalue weighted by atomic mass is 32.2. The lowest BCUT2D eigenvalue weighted by Gasteiger charge is -2.08. The van der Waals surface area contributed by atoms with Crippen LogP contribution in [0.3, 0.4) is 0 Å². The molecule has 2 N–H and O–H groups in total. The Morgan fingerprint density at radius 1 is 1.13 bits per heavy atom. The number of carbonyl (C=O) groups excluding carboxylic acids is 1. The number of nitrogens with one attached hydrogen (secondary N) is 2. The molecule has 23 heavy (non-hydrogen) atoms. The van der Waals surface area contributed by atoms with E-state index in [1.165, 1.54) is 24.3 Å². The van der Waals surface area contributed by atoms with Crippen molar-refractivity contribution >= 4 is 21.6 Å². The summed E-state index contributed by atoms with van der Waals surface area (Å²) in [4.78, 5) is 11.9. The molecule has 0 heterocycles. The summed E-state index contributed by atoms with van der Waals surface area (Å²) in [6.45, 7) is 0.378. The smallest absolute Gasteiger partial charge is 0.319 e. The van der Waals surface area contributed by atoms with Crippen molar-refractivity contribution < 1.29 is 17.6 Å². The monoisotopic (exact) mass is 336 g/mol. The largest absolute Gasteiger partial charge is 0.338 e. The maximum Gasteiger partial charge on any atom is 0.319 e. The quantitative estimate of drug-likeness (QED) is 0.881. The highest BCUT2D eigenvalue weighted by Crippen LogP contribution is 2.15. The average molecular weight is 336 g/mol. The van der Waals surface area contributed by atoms with Gasteiger partial charge in [0.15, 0.2) is 9.84 Å². The van der Waals surface area contributed by atoms with Gasteiger partial charge in [0, 0.05) is 18.5 Å². The third-order valence-electron chi connectivity index (χ3n) is 3.13. The number of carbonyl (C=O) groups is 1. The van der Waals surface area contributed by atoms with Crippen molar-refractivity contribution in [2.24, 2.45) is 0 Å². The van der Waals surface area contributed by atoms with Gasteiger partial charge < -0.3 is 10.6 Å². The Morgan fingerprint density at radius 2 is 1.83 bits per heavy atom. The van der Waals surface area contributed by atoms with E-state index < -0.39 is 15.9 Å². The molecule has 0 aliphatic heterocycles. The first-order valence-corrected chi connectivity index (χ1v) is 8.83. The van der Waals surface area contributed by atoms with Gasteiger partial charge in [0.25, 0.3) is 0 Å². The number of benzene rings is 2. The van der Waals surface area contributed by atoms with Crippen LogP contribution in [0.25, 0.3) is 0 Å². The Labute approximate surface area is 134 Å². The number of rotatable bonds is 5. The number of amides is 2. The standard InChI is InChI=1S/C16H17FN2O3S/c1-23(21,22)15-4-2-3-14(11-15)19-16(20)18-10-9-12-5-7-13(17)8-6-12/h2-8,11H,9-10H2,1H3,(H2,18,19,20). The van der Waals surface area contributed by atoms with Gasteiger partial charge in [0.2, 0.25) is 0 Å². The molecule has 2 aromatic rings. The topological polar surface area (TPSA) is 75.3 Å². The number of hydrogen-bond acceptors (Lipinski definition) is 3. The molecule has 0 aliphatic rings. The van der Waals surface area contributed by atoms with Crippen molar-refractivity contribution in [2.75, 3.05) is 18.1 Å². The van der Waals surface area contributed by atoms with Crippen LogP contribution >= 0.6 is 0 Å². The Bertz CT molecular complexity index is 789. The number of urea groups is 1. The highest BCUT2D eigenvalue weighted by molar-refractivity contribution is 7.90. The fourth-order valence-corrected chi connectivity index (χ4v) is 2.62. The van der Waals surface area contributed by atoms with Crippen LogP contribution in [0.15, 0.2) is 53.4 Å². The summed E-state index contributed by atoms with van der Waals surface area (Å²) in [5.41, 5.74) is 1.30. The lowest BCUT2D eigenvalue weighted by Crippen LogP contribution is -2.30. The van der Waals surface area contributed by atoms with Crippen LogP contribution in [0.4, 0.5) is 14.9 Å². The van der Waals surface area contributed by atoms with Gasteiger partial charge >= 0.3 is 6.03 Å². The Kier molecular flexibility index (Phi) is 5.33. The number of anilines is 1. The molecule has 122 valence electrons. The van der Waals surface area contributed by atoms with E-state index in [-0.39, 0.29) is 10.7 Å². The molecular formula is C16H17FN2O3S. The zero-order valence-electron chi connectivity index (χ0n) is 12.5. The molecule has 0 radical (unpaired) electrons. The third-order valence-corrected chi connectivity index (χ3v) is 4.24. The minimum Gasteiger partial charge on any atom is -0.338 e. The van der Waals surface area contributed by atoms with E-state index in [1.54, 1.807) is 24.3 Å². The zero-order chi connectivity index (χ0) is 16.9. The molecule has 0 aliphatic carbocycles. The summed E-state index contributed by atoms with van der Waals surface area (Å²) in [5.74, 6) is -0.301. The molecule has 5 nitrogen and oxygen atoms in total. The van der Waals surface area contributed by atoms with Crippen molar-refractivity contribution in [3.63, 3.8) is 0 Å². The van der Waals surface area contributed by atoms with Crippen LogP contribution < -0.4 is 10.6 Å². The van der Waals surface area contributed by atoms with E-state index >= 15 is 0 Å². The van der Waals surface area contributed by atoms with Gasteiger partial charge in [0.1, 0.15) is 5.82 Å². The van der Waals surface area contributed by atoms with E-state index in [4.69, 9.17) is 0 Å². The molecule has 0 bridgehead atoms. The van der Waals surface area contributed by atoms with E-state index in [2.05, 4.69) is 10.6 Å². The van der Waals surface area contributed by atoms with Crippen LogP contribution in [0, 0.1) is 5.82 Å². The first-order valence-electron chi connectivity index (χ1n) is 6.94. The van der Waals surface area contributed by atoms with Gasteiger partial charge in [-0.3, -0.25) is 0 Å². The second-order valence-electron chi connectivity index (χ2n) is 5.06. The Morgan fingerprint density at radius 3 is 2.48 bits per heavy atom. The van der Waals surface area contributed by atoms with Gasteiger partial charge in [-0.1, -0.05) is 18.2 Å². The molecule has 2 aromatic carbocycles. The van der Waals surface area contributed by atoms with E-state index in [0.29, 0.717) is 18.7 Å². The molecule has 2 amide bonds. The van der Waals surface area contributed by atoms with Crippen molar-refractivity contribution in [3.8, 4) is 0 Å². The van der Waals surface area contributed by atoms with Crippen molar-refractivity contribution in [2.45, 2.75) is 11.3 Å². The molecule has 0 aromatic heterocycles. The van der Waals surface area contributed by atoms with Gasteiger partial charge in [0.05, 0.1) is 4.90 Å². The van der Waals surface area contributed by atoms with Crippen LogP contribution in [0.5, 0.6) is 0 Å². The number of hydrogen-bond donors (Lipinski definition) is 2. The third kappa shape index (κ3) is 5.37. The molecular weight excluding hydrogens is 319 g/mol. The van der Waals surface area contributed by atoms with Crippen LogP contribution in [-0.2, 0) is 16.3 Å². The number of sulfone groups is 1. The lowest BCUT2D eigenvalue weighted by molar-refractivity contribution is 0.252. The fourth-order valence-electron chi connectivity index (χ4n) is 1.95. The predicted octanol–water partition coefficient (Wildman–Crippen LogP) is 2.59. The van der Waals surface area contributed by atoms with E-state index in [0.717, 1.165) is 11.8 Å². The molecule has 0 saturated carbocycles. The molecule has 2 rings (SSSR count). The van der Waals surface area contributed by atoms with Gasteiger partial charge in [-0.2, -0.15) is 0 Å². The summed E-state index contributed by atoms with van der Waals surface area (Å²) in [5, 5.41) is 5.23. The minimum atomic E-state index is -3.32. The SMILES string of the molecule is CS(=O)(=O)c1cccc(NC(=O)NCCc2ccc(F)cc2)c1. The molecule has 0 fully saturated rings. The first kappa shape index (κ1) is 17.0. The van der Waals surface area contributed by atoms with Crippen molar-refractivity contribution in [3.05, 3.63) is 59.9 Å². The molecule has 0 unspecified atom stereocenters. The van der Waals surface area contributed by atoms with Crippen LogP contribution in [0.2, 0.25) is 0 Å². The molecule has 0 atom stereocenters. The molecule has 0 spiro atoms. The summed E-state index contributed by atoms with van der Waals surface area (Å²) >= 11 is 0. The predicted molar refractivity (Wildman–Crippen MR) is 86.7 cm³/mol. The van der Waals surface area contributed by atoms with Crippen LogP contribution in [-0.4, -0.2) is 27.2 Å². The van der Waals surface area contributed by atoms with E-state index in [1.807, 2.05) is 0 Å². The Balaban J connectivity index is 1.86. The molecule has 7 heteroatoms. The summed E-state index contributed by atoms with van der Waals surface area (Å²) in [6, 6.07) is 11.6. The first-order chi connectivity index (χ1) is 10.8. The maximum absolute atomic E-state index is 12.8. The van der Waals surface area contributed by atoms with Crippen molar-refractivity contribution in [1.82, 2.24) is 5.32 Å². The summed E-state index contributed by atoms with van der Waals surface area (Å²) in [6.07, 6.45) is 1.67. The maximum atomic E-state index is 12.8. The average Bonchev–Trinajstić information content (AvgIpc) is 2.49. The lowest BCUT2D eigenvalue weighted by atomic mass is 10.1. The minimum absolute atomic E-state index is 0.140. The van der Waals surface area contributed by atoms with Gasteiger partial charge in [-0.15, -0.1) is 0 Å².